The SMILES string of the molecule is COCCOc1cc2nc(Nc3ccc(F)c(Cl)c3)ncc2cc1OC1CCOCC1. The average Bonchev–Trinajstić information content (AvgIpc) is 2.77. The van der Waals surface area contributed by atoms with E-state index in [1.807, 2.05) is 12.1 Å². The molecule has 1 N–H and O–H groups in total. The number of anilines is 2. The van der Waals surface area contributed by atoms with Crippen molar-refractivity contribution in [3.05, 3.63) is 47.4 Å². The highest BCUT2D eigenvalue weighted by Crippen LogP contribution is 2.34. The standard InChI is InChI=1S/C22H23ClFN3O4/c1-28-8-9-30-20-12-19-14(10-21(20)31-16-4-6-29-7-5-16)13-25-22(27-19)26-15-2-3-18(24)17(23)11-15/h2-3,10-13,16H,4-9H2,1H3,(H,25,26,27). The molecule has 0 aliphatic carbocycles. The minimum Gasteiger partial charge on any atom is -0.487 e. The second kappa shape index (κ2) is 10.1. The highest BCUT2D eigenvalue weighted by atomic mass is 35.5. The van der Waals surface area contributed by atoms with Crippen molar-refractivity contribution in [1.29, 1.82) is 0 Å². The Hall–Kier alpha value is -2.68. The van der Waals surface area contributed by atoms with Crippen LogP contribution in [0.1, 0.15) is 12.8 Å². The van der Waals surface area contributed by atoms with Crippen molar-refractivity contribution in [3.63, 3.8) is 0 Å². The summed E-state index contributed by atoms with van der Waals surface area (Å²) in [5, 5.41) is 3.87. The molecule has 2 heterocycles. The second-order valence-electron chi connectivity index (χ2n) is 7.08. The summed E-state index contributed by atoms with van der Waals surface area (Å²) in [6, 6.07) is 8.04. The molecule has 0 radical (unpaired) electrons. The molecule has 0 bridgehead atoms. The van der Waals surface area contributed by atoms with E-state index < -0.39 is 5.82 Å². The van der Waals surface area contributed by atoms with Gasteiger partial charge in [0.1, 0.15) is 18.5 Å². The van der Waals surface area contributed by atoms with Gasteiger partial charge in [-0.05, 0) is 24.3 Å². The molecule has 0 atom stereocenters. The minimum absolute atomic E-state index is 0.0227. The van der Waals surface area contributed by atoms with E-state index >= 15 is 0 Å². The lowest BCUT2D eigenvalue weighted by molar-refractivity contribution is 0.0240. The monoisotopic (exact) mass is 447 g/mol. The molecule has 0 unspecified atom stereocenters. The minimum atomic E-state index is -0.485. The van der Waals surface area contributed by atoms with Gasteiger partial charge < -0.3 is 24.3 Å². The van der Waals surface area contributed by atoms with E-state index in [0.29, 0.717) is 55.1 Å². The van der Waals surface area contributed by atoms with Gasteiger partial charge >= 0.3 is 0 Å². The maximum absolute atomic E-state index is 13.4. The van der Waals surface area contributed by atoms with Gasteiger partial charge in [0.25, 0.3) is 0 Å². The normalized spacial score (nSPS) is 14.5. The topological polar surface area (TPSA) is 74.7 Å². The van der Waals surface area contributed by atoms with Gasteiger partial charge in [-0.3, -0.25) is 0 Å². The van der Waals surface area contributed by atoms with Crippen LogP contribution in [-0.4, -0.2) is 49.6 Å². The molecule has 9 heteroatoms. The summed E-state index contributed by atoms with van der Waals surface area (Å²) in [7, 11) is 1.62. The first kappa shape index (κ1) is 21.5. The summed E-state index contributed by atoms with van der Waals surface area (Å²) < 4.78 is 36.0. The fourth-order valence-electron chi connectivity index (χ4n) is 3.22. The van der Waals surface area contributed by atoms with Gasteiger partial charge in [-0.2, -0.15) is 0 Å². The molecule has 1 saturated heterocycles. The number of hydrogen-bond donors (Lipinski definition) is 1. The number of nitrogens with one attached hydrogen (secondary N) is 1. The summed E-state index contributed by atoms with van der Waals surface area (Å²) in [6.45, 7) is 2.21. The van der Waals surface area contributed by atoms with Gasteiger partial charge in [0.05, 0.1) is 30.4 Å². The lowest BCUT2D eigenvalue weighted by atomic mass is 10.1. The summed E-state index contributed by atoms with van der Waals surface area (Å²) in [5.41, 5.74) is 1.26. The van der Waals surface area contributed by atoms with Gasteiger partial charge in [-0.25, -0.2) is 14.4 Å². The van der Waals surface area contributed by atoms with Crippen molar-refractivity contribution in [1.82, 2.24) is 9.97 Å². The first-order valence-electron chi connectivity index (χ1n) is 10.0. The third-order valence-electron chi connectivity index (χ3n) is 4.83. The average molecular weight is 448 g/mol. The Morgan fingerprint density at radius 1 is 1.16 bits per heavy atom. The van der Waals surface area contributed by atoms with E-state index in [9.17, 15) is 4.39 Å². The van der Waals surface area contributed by atoms with Gasteiger partial charge in [0.2, 0.25) is 5.95 Å². The van der Waals surface area contributed by atoms with Crippen molar-refractivity contribution < 1.29 is 23.3 Å². The first-order valence-corrected chi connectivity index (χ1v) is 10.4. The number of methoxy groups -OCH3 is 1. The molecule has 1 fully saturated rings. The number of ether oxygens (including phenoxy) is 4. The van der Waals surface area contributed by atoms with Crippen LogP contribution in [0.5, 0.6) is 11.5 Å². The van der Waals surface area contributed by atoms with Crippen molar-refractivity contribution in [2.24, 2.45) is 0 Å². The van der Waals surface area contributed by atoms with Crippen molar-refractivity contribution >= 4 is 34.1 Å². The molecule has 31 heavy (non-hydrogen) atoms. The molecule has 1 aliphatic rings. The number of rotatable bonds is 8. The van der Waals surface area contributed by atoms with E-state index in [1.165, 1.54) is 12.1 Å². The molecule has 0 saturated carbocycles. The molecule has 1 aliphatic heterocycles. The molecular weight excluding hydrogens is 425 g/mol. The third kappa shape index (κ3) is 5.52. The van der Waals surface area contributed by atoms with Crippen molar-refractivity contribution in [2.75, 3.05) is 38.9 Å². The Kier molecular flexibility index (Phi) is 7.01. The lowest BCUT2D eigenvalue weighted by Crippen LogP contribution is -2.26. The molecule has 164 valence electrons. The number of fused-ring (bicyclic) bond motifs is 1. The van der Waals surface area contributed by atoms with Crippen LogP contribution < -0.4 is 14.8 Å². The maximum atomic E-state index is 13.4. The molecule has 0 amide bonds. The fourth-order valence-corrected chi connectivity index (χ4v) is 3.40. The predicted molar refractivity (Wildman–Crippen MR) is 116 cm³/mol. The highest BCUT2D eigenvalue weighted by molar-refractivity contribution is 6.31. The number of aromatic nitrogens is 2. The van der Waals surface area contributed by atoms with E-state index in [1.54, 1.807) is 19.4 Å². The van der Waals surface area contributed by atoms with Gasteiger partial charge in [-0.15, -0.1) is 0 Å². The van der Waals surface area contributed by atoms with Gasteiger partial charge in [-0.1, -0.05) is 11.6 Å². The van der Waals surface area contributed by atoms with Crippen LogP contribution in [0.2, 0.25) is 5.02 Å². The molecular formula is C22H23ClFN3O4. The van der Waals surface area contributed by atoms with Crippen LogP contribution in [0.4, 0.5) is 16.0 Å². The Balaban J connectivity index is 1.60. The van der Waals surface area contributed by atoms with Crippen LogP contribution in [0, 0.1) is 5.82 Å². The van der Waals surface area contributed by atoms with Crippen molar-refractivity contribution in [2.45, 2.75) is 18.9 Å². The highest BCUT2D eigenvalue weighted by Gasteiger charge is 2.19. The quantitative estimate of drug-likeness (QED) is 0.499. The van der Waals surface area contributed by atoms with Crippen LogP contribution in [0.25, 0.3) is 10.9 Å². The van der Waals surface area contributed by atoms with Crippen molar-refractivity contribution in [3.8, 4) is 11.5 Å². The number of halogens is 2. The molecule has 7 nitrogen and oxygen atoms in total. The summed E-state index contributed by atoms with van der Waals surface area (Å²) >= 11 is 5.85. The number of nitrogens with zero attached hydrogens (tertiary/aromatic N) is 2. The molecule has 4 rings (SSSR count). The summed E-state index contributed by atoms with van der Waals surface area (Å²) in [6.07, 6.45) is 3.43. The Morgan fingerprint density at radius 3 is 2.77 bits per heavy atom. The Morgan fingerprint density at radius 2 is 2.00 bits per heavy atom. The van der Waals surface area contributed by atoms with Crippen LogP contribution in [-0.2, 0) is 9.47 Å². The smallest absolute Gasteiger partial charge is 0.227 e. The van der Waals surface area contributed by atoms with E-state index in [-0.39, 0.29) is 11.1 Å². The van der Waals surface area contributed by atoms with Gasteiger partial charge in [0, 0.05) is 43.3 Å². The zero-order chi connectivity index (χ0) is 21.6. The van der Waals surface area contributed by atoms with Crippen LogP contribution in [0.3, 0.4) is 0 Å². The largest absolute Gasteiger partial charge is 0.487 e. The molecule has 3 aromatic rings. The van der Waals surface area contributed by atoms with E-state index in [2.05, 4.69) is 15.3 Å². The number of hydrogen-bond acceptors (Lipinski definition) is 7. The first-order chi connectivity index (χ1) is 15.1. The summed E-state index contributed by atoms with van der Waals surface area (Å²) in [5.74, 6) is 1.10. The second-order valence-corrected chi connectivity index (χ2v) is 7.48. The molecule has 1 aromatic heterocycles. The van der Waals surface area contributed by atoms with Gasteiger partial charge in [0.15, 0.2) is 11.5 Å². The maximum Gasteiger partial charge on any atom is 0.227 e. The number of benzene rings is 2. The molecule has 0 spiro atoms. The zero-order valence-electron chi connectivity index (χ0n) is 17.1. The third-order valence-corrected chi connectivity index (χ3v) is 5.12. The summed E-state index contributed by atoms with van der Waals surface area (Å²) in [4.78, 5) is 8.91. The van der Waals surface area contributed by atoms with Crippen LogP contribution in [0.15, 0.2) is 36.5 Å². The van der Waals surface area contributed by atoms with Crippen LogP contribution >= 0.6 is 11.6 Å². The molecule has 2 aromatic carbocycles. The Labute approximate surface area is 184 Å². The fraction of sp³-hybridized carbons (Fsp3) is 0.364. The lowest BCUT2D eigenvalue weighted by Gasteiger charge is -2.24. The van der Waals surface area contributed by atoms with E-state index in [0.717, 1.165) is 18.2 Å². The zero-order valence-corrected chi connectivity index (χ0v) is 17.8. The predicted octanol–water partition coefficient (Wildman–Crippen LogP) is 4.75. The Bertz CT molecular complexity index is 1050. The van der Waals surface area contributed by atoms with E-state index in [4.69, 9.17) is 30.5 Å².